The summed E-state index contributed by atoms with van der Waals surface area (Å²) in [6.45, 7) is 2.05. The SMILES string of the molecule is CC[C@H](NC(=O)c1cc[nH]c1C1CC1)c1ncc(-c2ccccc2)[nH]1. The molecule has 1 atom stereocenters. The molecule has 1 saturated carbocycles. The molecule has 0 unspecified atom stereocenters. The van der Waals surface area contributed by atoms with Crippen molar-refractivity contribution in [1.29, 1.82) is 0 Å². The summed E-state index contributed by atoms with van der Waals surface area (Å²) in [5.41, 5.74) is 3.88. The van der Waals surface area contributed by atoms with Gasteiger partial charge in [0.15, 0.2) is 0 Å². The predicted molar refractivity (Wildman–Crippen MR) is 97.3 cm³/mol. The molecule has 1 aliphatic rings. The molecule has 128 valence electrons. The van der Waals surface area contributed by atoms with Gasteiger partial charge in [0, 0.05) is 11.9 Å². The number of carbonyl (C=O) groups excluding carboxylic acids is 1. The maximum absolute atomic E-state index is 12.7. The van der Waals surface area contributed by atoms with E-state index in [2.05, 4.69) is 27.2 Å². The minimum absolute atomic E-state index is 0.0346. The Morgan fingerprint density at radius 2 is 2.08 bits per heavy atom. The molecule has 0 spiro atoms. The minimum Gasteiger partial charge on any atom is -0.364 e. The number of aromatic amines is 2. The van der Waals surface area contributed by atoms with Crippen LogP contribution in [0.1, 0.15) is 60.0 Å². The molecule has 0 bridgehead atoms. The lowest BCUT2D eigenvalue weighted by molar-refractivity contribution is 0.0933. The molecule has 2 aromatic heterocycles. The van der Waals surface area contributed by atoms with Crippen LogP contribution in [0, 0.1) is 0 Å². The van der Waals surface area contributed by atoms with Crippen LogP contribution in [0.15, 0.2) is 48.8 Å². The lowest BCUT2D eigenvalue weighted by Gasteiger charge is -2.15. The van der Waals surface area contributed by atoms with Gasteiger partial charge in [0.1, 0.15) is 5.82 Å². The van der Waals surface area contributed by atoms with E-state index in [-0.39, 0.29) is 11.9 Å². The van der Waals surface area contributed by atoms with Crippen LogP contribution in [0.4, 0.5) is 0 Å². The topological polar surface area (TPSA) is 73.6 Å². The third kappa shape index (κ3) is 3.22. The van der Waals surface area contributed by atoms with Gasteiger partial charge in [-0.15, -0.1) is 0 Å². The van der Waals surface area contributed by atoms with Gasteiger partial charge < -0.3 is 15.3 Å². The van der Waals surface area contributed by atoms with Crippen molar-refractivity contribution in [3.8, 4) is 11.3 Å². The van der Waals surface area contributed by atoms with Gasteiger partial charge in [0.05, 0.1) is 23.5 Å². The lowest BCUT2D eigenvalue weighted by atomic mass is 10.1. The Labute approximate surface area is 146 Å². The van der Waals surface area contributed by atoms with Crippen LogP contribution in [-0.4, -0.2) is 20.9 Å². The molecular weight excluding hydrogens is 312 g/mol. The van der Waals surface area contributed by atoms with Crippen LogP contribution in [-0.2, 0) is 0 Å². The van der Waals surface area contributed by atoms with Crippen molar-refractivity contribution in [2.45, 2.75) is 38.1 Å². The first-order chi connectivity index (χ1) is 12.3. The van der Waals surface area contributed by atoms with Crippen LogP contribution in [0.25, 0.3) is 11.3 Å². The van der Waals surface area contributed by atoms with E-state index in [1.165, 1.54) is 0 Å². The highest BCUT2D eigenvalue weighted by atomic mass is 16.1. The summed E-state index contributed by atoms with van der Waals surface area (Å²) in [5, 5.41) is 3.12. The number of nitrogens with one attached hydrogen (secondary N) is 3. The molecular formula is C20H22N4O. The standard InChI is InChI=1S/C20H22N4O/c1-2-16(19-22-12-17(23-19)13-6-4-3-5-7-13)24-20(25)15-10-11-21-18(15)14-8-9-14/h3-7,10-12,14,16,21H,2,8-9H2,1H3,(H,22,23)(H,24,25)/t16-/m0/s1. The summed E-state index contributed by atoms with van der Waals surface area (Å²) in [4.78, 5) is 23.8. The first-order valence-electron chi connectivity index (χ1n) is 8.84. The summed E-state index contributed by atoms with van der Waals surface area (Å²) in [6, 6.07) is 11.8. The highest BCUT2D eigenvalue weighted by molar-refractivity contribution is 5.96. The molecule has 25 heavy (non-hydrogen) atoms. The van der Waals surface area contributed by atoms with E-state index in [1.807, 2.05) is 48.8 Å². The molecule has 1 amide bonds. The van der Waals surface area contributed by atoms with Crippen molar-refractivity contribution in [2.75, 3.05) is 0 Å². The fourth-order valence-corrected chi connectivity index (χ4v) is 3.17. The Kier molecular flexibility index (Phi) is 4.14. The Bertz CT molecular complexity index is 861. The van der Waals surface area contributed by atoms with Crippen LogP contribution in [0.5, 0.6) is 0 Å². The van der Waals surface area contributed by atoms with Crippen molar-refractivity contribution in [1.82, 2.24) is 20.3 Å². The summed E-state index contributed by atoms with van der Waals surface area (Å²) >= 11 is 0. The Morgan fingerprint density at radius 3 is 2.80 bits per heavy atom. The fourth-order valence-electron chi connectivity index (χ4n) is 3.17. The third-order valence-electron chi connectivity index (χ3n) is 4.73. The van der Waals surface area contributed by atoms with Crippen LogP contribution < -0.4 is 5.32 Å². The average molecular weight is 334 g/mol. The normalized spacial score (nSPS) is 15.1. The van der Waals surface area contributed by atoms with Crippen molar-refractivity contribution in [3.63, 3.8) is 0 Å². The Hall–Kier alpha value is -2.82. The second-order valence-corrected chi connectivity index (χ2v) is 6.56. The summed E-state index contributed by atoms with van der Waals surface area (Å²) < 4.78 is 0. The van der Waals surface area contributed by atoms with Gasteiger partial charge in [-0.25, -0.2) is 4.98 Å². The zero-order chi connectivity index (χ0) is 17.2. The van der Waals surface area contributed by atoms with Crippen LogP contribution >= 0.6 is 0 Å². The predicted octanol–water partition coefficient (Wildman–Crippen LogP) is 4.16. The van der Waals surface area contributed by atoms with Gasteiger partial charge in [-0.1, -0.05) is 37.3 Å². The van der Waals surface area contributed by atoms with Crippen LogP contribution in [0.2, 0.25) is 0 Å². The molecule has 0 saturated heterocycles. The summed E-state index contributed by atoms with van der Waals surface area (Å²) in [5.74, 6) is 1.27. The molecule has 2 heterocycles. The number of aromatic nitrogens is 3. The maximum Gasteiger partial charge on any atom is 0.253 e. The second kappa shape index (κ2) is 6.59. The highest BCUT2D eigenvalue weighted by Crippen LogP contribution is 2.40. The number of carbonyl (C=O) groups is 1. The minimum atomic E-state index is -0.132. The molecule has 1 aliphatic carbocycles. The van der Waals surface area contributed by atoms with Gasteiger partial charge in [-0.3, -0.25) is 4.79 Å². The molecule has 3 aromatic rings. The number of hydrogen-bond donors (Lipinski definition) is 3. The monoisotopic (exact) mass is 334 g/mol. The fraction of sp³-hybridized carbons (Fsp3) is 0.300. The van der Waals surface area contributed by atoms with Crippen molar-refractivity contribution >= 4 is 5.91 Å². The quantitative estimate of drug-likeness (QED) is 0.633. The first kappa shape index (κ1) is 15.7. The third-order valence-corrected chi connectivity index (χ3v) is 4.73. The largest absolute Gasteiger partial charge is 0.364 e. The first-order valence-corrected chi connectivity index (χ1v) is 8.84. The van der Waals surface area contributed by atoms with Crippen molar-refractivity contribution < 1.29 is 4.79 Å². The zero-order valence-electron chi connectivity index (χ0n) is 14.3. The van der Waals surface area contributed by atoms with E-state index in [4.69, 9.17) is 0 Å². The molecule has 4 rings (SSSR count). The van der Waals surface area contributed by atoms with E-state index < -0.39 is 0 Å². The maximum atomic E-state index is 12.7. The lowest BCUT2D eigenvalue weighted by Crippen LogP contribution is -2.29. The second-order valence-electron chi connectivity index (χ2n) is 6.56. The van der Waals surface area contributed by atoms with E-state index in [0.29, 0.717) is 5.92 Å². The smallest absolute Gasteiger partial charge is 0.253 e. The van der Waals surface area contributed by atoms with Gasteiger partial charge >= 0.3 is 0 Å². The van der Waals surface area contributed by atoms with Gasteiger partial charge in [-0.2, -0.15) is 0 Å². The molecule has 0 radical (unpaired) electrons. The summed E-state index contributed by atoms with van der Waals surface area (Å²) in [6.07, 6.45) is 6.78. The molecule has 1 aromatic carbocycles. The Balaban J connectivity index is 1.51. The number of amides is 1. The molecule has 1 fully saturated rings. The number of H-pyrrole nitrogens is 2. The molecule has 3 N–H and O–H groups in total. The number of rotatable bonds is 6. The number of imidazole rings is 1. The van der Waals surface area contributed by atoms with E-state index in [0.717, 1.165) is 47.6 Å². The van der Waals surface area contributed by atoms with Crippen molar-refractivity contribution in [2.24, 2.45) is 0 Å². The molecule has 5 nitrogen and oxygen atoms in total. The Morgan fingerprint density at radius 1 is 1.28 bits per heavy atom. The van der Waals surface area contributed by atoms with Crippen molar-refractivity contribution in [3.05, 3.63) is 65.9 Å². The molecule has 0 aliphatic heterocycles. The van der Waals surface area contributed by atoms with E-state index in [9.17, 15) is 4.79 Å². The number of benzene rings is 1. The van der Waals surface area contributed by atoms with E-state index in [1.54, 1.807) is 0 Å². The van der Waals surface area contributed by atoms with E-state index >= 15 is 0 Å². The highest BCUT2D eigenvalue weighted by Gasteiger charge is 2.29. The van der Waals surface area contributed by atoms with Crippen LogP contribution in [0.3, 0.4) is 0 Å². The summed E-state index contributed by atoms with van der Waals surface area (Å²) in [7, 11) is 0. The van der Waals surface area contributed by atoms with Gasteiger partial charge in [-0.05, 0) is 36.8 Å². The zero-order valence-corrected chi connectivity index (χ0v) is 14.3. The number of hydrogen-bond acceptors (Lipinski definition) is 2. The van der Waals surface area contributed by atoms with Gasteiger partial charge in [0.25, 0.3) is 5.91 Å². The number of nitrogens with zero attached hydrogens (tertiary/aromatic N) is 1. The van der Waals surface area contributed by atoms with Gasteiger partial charge in [0.2, 0.25) is 0 Å². The average Bonchev–Trinajstić information content (AvgIpc) is 3.18. The molecule has 5 heteroatoms.